The van der Waals surface area contributed by atoms with Crippen LogP contribution >= 0.6 is 0 Å². The van der Waals surface area contributed by atoms with E-state index in [4.69, 9.17) is 0 Å². The number of nitrogens with zero attached hydrogens (tertiary/aromatic N) is 2. The van der Waals surface area contributed by atoms with E-state index in [1.807, 2.05) is 24.3 Å². The third-order valence-electron chi connectivity index (χ3n) is 4.68. The predicted molar refractivity (Wildman–Crippen MR) is 100 cm³/mol. The topological polar surface area (TPSA) is 75.1 Å². The molecule has 0 saturated heterocycles. The molecule has 0 unspecified atom stereocenters. The number of amides is 1. The lowest BCUT2D eigenvalue weighted by Gasteiger charge is -2.18. The second-order valence-corrected chi connectivity index (χ2v) is 6.40. The van der Waals surface area contributed by atoms with Crippen LogP contribution in [0.5, 0.6) is 5.75 Å². The Hall–Kier alpha value is -3.21. The summed E-state index contributed by atoms with van der Waals surface area (Å²) in [6.45, 7) is 0. The highest BCUT2D eigenvalue weighted by Crippen LogP contribution is 2.31. The Morgan fingerprint density at radius 3 is 2.58 bits per heavy atom. The Morgan fingerprint density at radius 1 is 0.962 bits per heavy atom. The van der Waals surface area contributed by atoms with Crippen molar-refractivity contribution < 1.29 is 9.90 Å². The van der Waals surface area contributed by atoms with Gasteiger partial charge in [0.1, 0.15) is 12.1 Å². The van der Waals surface area contributed by atoms with Gasteiger partial charge in [0.25, 0.3) is 5.91 Å². The van der Waals surface area contributed by atoms with Crippen LogP contribution in [0.15, 0.2) is 54.9 Å². The Bertz CT molecular complexity index is 952. The average Bonchev–Trinajstić information content (AvgIpc) is 2.69. The first-order chi connectivity index (χ1) is 12.7. The molecule has 1 aromatic heterocycles. The van der Waals surface area contributed by atoms with Crippen LogP contribution in [0, 0.1) is 0 Å². The van der Waals surface area contributed by atoms with Gasteiger partial charge < -0.3 is 10.4 Å². The Balaban J connectivity index is 1.71. The summed E-state index contributed by atoms with van der Waals surface area (Å²) in [4.78, 5) is 21.8. The molecule has 2 N–H and O–H groups in total. The number of hydrogen-bond acceptors (Lipinski definition) is 4. The molecule has 1 heterocycles. The van der Waals surface area contributed by atoms with Gasteiger partial charge in [0.15, 0.2) is 0 Å². The van der Waals surface area contributed by atoms with E-state index < -0.39 is 0 Å². The SMILES string of the molecule is O=C(Nc1ccc(O)cc1)c1ccccc1-c1ncnc2c1CCCC2. The summed E-state index contributed by atoms with van der Waals surface area (Å²) in [5.41, 5.74) is 5.13. The normalized spacial score (nSPS) is 13.1. The molecule has 0 saturated carbocycles. The molecule has 2 aromatic carbocycles. The van der Waals surface area contributed by atoms with Gasteiger partial charge in [0, 0.05) is 28.1 Å². The number of aromatic hydroxyl groups is 1. The van der Waals surface area contributed by atoms with E-state index in [1.165, 1.54) is 0 Å². The van der Waals surface area contributed by atoms with Crippen LogP contribution in [-0.4, -0.2) is 21.0 Å². The van der Waals surface area contributed by atoms with E-state index in [0.717, 1.165) is 48.2 Å². The molecule has 4 rings (SSSR count). The number of hydrogen-bond donors (Lipinski definition) is 2. The maximum atomic E-state index is 12.8. The molecule has 5 nitrogen and oxygen atoms in total. The molecule has 5 heteroatoms. The summed E-state index contributed by atoms with van der Waals surface area (Å²) < 4.78 is 0. The minimum atomic E-state index is -0.200. The minimum Gasteiger partial charge on any atom is -0.508 e. The molecule has 1 aliphatic carbocycles. The Labute approximate surface area is 151 Å². The van der Waals surface area contributed by atoms with Crippen LogP contribution in [0.4, 0.5) is 5.69 Å². The van der Waals surface area contributed by atoms with Crippen LogP contribution in [0.2, 0.25) is 0 Å². The van der Waals surface area contributed by atoms with Crippen LogP contribution < -0.4 is 5.32 Å². The smallest absolute Gasteiger partial charge is 0.256 e. The Kier molecular flexibility index (Phi) is 4.35. The first-order valence-electron chi connectivity index (χ1n) is 8.75. The second kappa shape index (κ2) is 6.96. The van der Waals surface area contributed by atoms with Gasteiger partial charge >= 0.3 is 0 Å². The van der Waals surface area contributed by atoms with Crippen LogP contribution in [-0.2, 0) is 12.8 Å². The quantitative estimate of drug-likeness (QED) is 0.704. The molecule has 0 atom stereocenters. The minimum absolute atomic E-state index is 0.163. The first-order valence-corrected chi connectivity index (χ1v) is 8.75. The van der Waals surface area contributed by atoms with Gasteiger partial charge in [-0.25, -0.2) is 9.97 Å². The fourth-order valence-electron chi connectivity index (χ4n) is 3.38. The zero-order valence-corrected chi connectivity index (χ0v) is 14.3. The molecule has 26 heavy (non-hydrogen) atoms. The Morgan fingerprint density at radius 2 is 1.73 bits per heavy atom. The number of anilines is 1. The van der Waals surface area contributed by atoms with Crippen molar-refractivity contribution >= 4 is 11.6 Å². The van der Waals surface area contributed by atoms with Crippen molar-refractivity contribution in [3.63, 3.8) is 0 Å². The highest BCUT2D eigenvalue weighted by atomic mass is 16.3. The summed E-state index contributed by atoms with van der Waals surface area (Å²) >= 11 is 0. The molecule has 3 aromatic rings. The molecule has 0 aliphatic heterocycles. The highest BCUT2D eigenvalue weighted by molar-refractivity contribution is 6.08. The molecule has 1 aliphatic rings. The zero-order valence-electron chi connectivity index (χ0n) is 14.3. The summed E-state index contributed by atoms with van der Waals surface area (Å²) in [5, 5.41) is 12.3. The van der Waals surface area contributed by atoms with Crippen molar-refractivity contribution in [3.05, 3.63) is 71.7 Å². The molecule has 130 valence electrons. The number of carbonyl (C=O) groups excluding carboxylic acids is 1. The lowest BCUT2D eigenvalue weighted by Crippen LogP contribution is -2.15. The molecule has 0 spiro atoms. The van der Waals surface area contributed by atoms with Crippen molar-refractivity contribution in [2.45, 2.75) is 25.7 Å². The third kappa shape index (κ3) is 3.16. The van der Waals surface area contributed by atoms with Crippen molar-refractivity contribution in [2.75, 3.05) is 5.32 Å². The van der Waals surface area contributed by atoms with Gasteiger partial charge in [-0.05, 0) is 56.0 Å². The number of nitrogens with one attached hydrogen (secondary N) is 1. The standard InChI is InChI=1S/C21H19N3O2/c25-15-11-9-14(10-12-15)24-21(26)17-6-2-1-5-16(17)20-18-7-3-4-8-19(18)22-13-23-20/h1-2,5-6,9-13,25H,3-4,7-8H2,(H,24,26). The summed E-state index contributed by atoms with van der Waals surface area (Å²) in [6, 6.07) is 13.9. The first kappa shape index (κ1) is 16.3. The molecule has 1 amide bonds. The van der Waals surface area contributed by atoms with E-state index in [2.05, 4.69) is 15.3 Å². The fourth-order valence-corrected chi connectivity index (χ4v) is 3.38. The van der Waals surface area contributed by atoms with Gasteiger partial charge in [-0.2, -0.15) is 0 Å². The van der Waals surface area contributed by atoms with Crippen molar-refractivity contribution in [2.24, 2.45) is 0 Å². The lowest BCUT2D eigenvalue weighted by molar-refractivity contribution is 0.102. The van der Waals surface area contributed by atoms with E-state index in [0.29, 0.717) is 11.3 Å². The van der Waals surface area contributed by atoms with E-state index in [9.17, 15) is 9.90 Å². The van der Waals surface area contributed by atoms with Crippen LogP contribution in [0.25, 0.3) is 11.3 Å². The predicted octanol–water partition coefficient (Wildman–Crippen LogP) is 3.98. The lowest BCUT2D eigenvalue weighted by atomic mass is 9.91. The van der Waals surface area contributed by atoms with Gasteiger partial charge in [-0.3, -0.25) is 4.79 Å². The van der Waals surface area contributed by atoms with Crippen LogP contribution in [0.3, 0.4) is 0 Å². The number of benzene rings is 2. The highest BCUT2D eigenvalue weighted by Gasteiger charge is 2.20. The van der Waals surface area contributed by atoms with E-state index >= 15 is 0 Å². The maximum Gasteiger partial charge on any atom is 0.256 e. The molecular weight excluding hydrogens is 326 g/mol. The number of aromatic nitrogens is 2. The number of carbonyl (C=O) groups is 1. The third-order valence-corrected chi connectivity index (χ3v) is 4.68. The van der Waals surface area contributed by atoms with Crippen molar-refractivity contribution in [1.29, 1.82) is 0 Å². The van der Waals surface area contributed by atoms with Crippen molar-refractivity contribution in [1.82, 2.24) is 9.97 Å². The van der Waals surface area contributed by atoms with Crippen LogP contribution in [0.1, 0.15) is 34.5 Å². The monoisotopic (exact) mass is 345 g/mol. The summed E-state index contributed by atoms with van der Waals surface area (Å²) in [7, 11) is 0. The van der Waals surface area contributed by atoms with Gasteiger partial charge in [0.05, 0.1) is 5.69 Å². The largest absolute Gasteiger partial charge is 0.508 e. The molecule has 0 radical (unpaired) electrons. The molecule has 0 fully saturated rings. The van der Waals surface area contributed by atoms with Gasteiger partial charge in [-0.1, -0.05) is 18.2 Å². The number of rotatable bonds is 3. The van der Waals surface area contributed by atoms with Crippen molar-refractivity contribution in [3.8, 4) is 17.0 Å². The van der Waals surface area contributed by atoms with E-state index in [-0.39, 0.29) is 11.7 Å². The molecule has 0 bridgehead atoms. The van der Waals surface area contributed by atoms with Gasteiger partial charge in [-0.15, -0.1) is 0 Å². The zero-order chi connectivity index (χ0) is 17.9. The number of phenols is 1. The fraction of sp³-hybridized carbons (Fsp3) is 0.190. The summed E-state index contributed by atoms with van der Waals surface area (Å²) in [6.07, 6.45) is 5.77. The summed E-state index contributed by atoms with van der Waals surface area (Å²) in [5.74, 6) is -0.0366. The molecular formula is C21H19N3O2. The average molecular weight is 345 g/mol. The maximum absolute atomic E-state index is 12.8. The number of phenolic OH excluding ortho intramolecular Hbond substituents is 1. The van der Waals surface area contributed by atoms with Gasteiger partial charge in [0.2, 0.25) is 0 Å². The number of fused-ring (bicyclic) bond motifs is 1. The van der Waals surface area contributed by atoms with E-state index in [1.54, 1.807) is 30.6 Å². The second-order valence-electron chi connectivity index (χ2n) is 6.40. The number of aryl methyl sites for hydroxylation is 1.